The molecule has 0 aromatic carbocycles. The molecule has 0 aliphatic carbocycles. The first-order chi connectivity index (χ1) is 11.6. The standard InChI is InChI=1S/C17H28N6O.HI/c1-4-8-19-17(20-14-16(24)21(2)3)23-12-10-22(11-13-23)15-7-5-6-9-18-15;/h5-7,9H,4,8,10-14H2,1-3H3,(H,19,20);1H. The fraction of sp³-hybridized carbons (Fsp3) is 0.588. The highest BCUT2D eigenvalue weighted by Crippen LogP contribution is 2.12. The van der Waals surface area contributed by atoms with Crippen molar-refractivity contribution in [2.45, 2.75) is 13.3 Å². The maximum atomic E-state index is 11.8. The number of aromatic nitrogens is 1. The van der Waals surface area contributed by atoms with Crippen molar-refractivity contribution in [2.75, 3.05) is 58.3 Å². The van der Waals surface area contributed by atoms with Gasteiger partial charge in [-0.25, -0.2) is 9.98 Å². The van der Waals surface area contributed by atoms with Crippen molar-refractivity contribution in [3.05, 3.63) is 24.4 Å². The molecule has 8 heteroatoms. The quantitative estimate of drug-likeness (QED) is 0.408. The Morgan fingerprint density at radius 1 is 1.28 bits per heavy atom. The molecular formula is C17H29IN6O. The van der Waals surface area contributed by atoms with Crippen molar-refractivity contribution >= 4 is 41.7 Å². The number of hydrogen-bond acceptors (Lipinski definition) is 4. The van der Waals surface area contributed by atoms with Crippen molar-refractivity contribution in [3.63, 3.8) is 0 Å². The van der Waals surface area contributed by atoms with Gasteiger partial charge in [0.15, 0.2) is 5.96 Å². The van der Waals surface area contributed by atoms with Crippen LogP contribution in [0.15, 0.2) is 29.4 Å². The van der Waals surface area contributed by atoms with Crippen LogP contribution in [0.25, 0.3) is 0 Å². The molecule has 0 radical (unpaired) electrons. The third-order valence-corrected chi connectivity index (χ3v) is 3.95. The molecule has 140 valence electrons. The fourth-order valence-electron chi connectivity index (χ4n) is 2.48. The number of aliphatic imine (C=N–C) groups is 1. The number of pyridine rings is 1. The second kappa shape index (κ2) is 11.1. The van der Waals surface area contributed by atoms with Crippen LogP contribution in [0, 0.1) is 0 Å². The second-order valence-electron chi connectivity index (χ2n) is 6.02. The third kappa shape index (κ3) is 6.68. The molecule has 0 spiro atoms. The monoisotopic (exact) mass is 460 g/mol. The number of carbonyl (C=O) groups is 1. The number of nitrogens with one attached hydrogen (secondary N) is 1. The van der Waals surface area contributed by atoms with Gasteiger partial charge in [-0.1, -0.05) is 13.0 Å². The van der Waals surface area contributed by atoms with Crippen LogP contribution >= 0.6 is 24.0 Å². The molecule has 1 fully saturated rings. The number of hydrogen-bond donors (Lipinski definition) is 1. The van der Waals surface area contributed by atoms with E-state index in [9.17, 15) is 4.79 Å². The van der Waals surface area contributed by atoms with Gasteiger partial charge in [-0.3, -0.25) is 4.79 Å². The number of anilines is 1. The van der Waals surface area contributed by atoms with E-state index < -0.39 is 0 Å². The van der Waals surface area contributed by atoms with Crippen LogP contribution < -0.4 is 10.2 Å². The molecule has 1 aromatic rings. The Morgan fingerprint density at radius 3 is 2.56 bits per heavy atom. The summed E-state index contributed by atoms with van der Waals surface area (Å²) >= 11 is 0. The lowest BCUT2D eigenvalue weighted by atomic mass is 10.3. The lowest BCUT2D eigenvalue weighted by Crippen LogP contribution is -2.53. The number of amides is 1. The normalized spacial score (nSPS) is 14.8. The molecule has 2 heterocycles. The zero-order valence-electron chi connectivity index (χ0n) is 15.3. The molecule has 1 aliphatic rings. The largest absolute Gasteiger partial charge is 0.356 e. The fourth-order valence-corrected chi connectivity index (χ4v) is 2.48. The first-order valence-corrected chi connectivity index (χ1v) is 8.51. The summed E-state index contributed by atoms with van der Waals surface area (Å²) in [5, 5.41) is 3.36. The number of guanidine groups is 1. The summed E-state index contributed by atoms with van der Waals surface area (Å²) < 4.78 is 0. The molecule has 1 amide bonds. The predicted molar refractivity (Wildman–Crippen MR) is 113 cm³/mol. The summed E-state index contributed by atoms with van der Waals surface area (Å²) in [5.41, 5.74) is 0. The highest BCUT2D eigenvalue weighted by Gasteiger charge is 2.20. The van der Waals surface area contributed by atoms with Crippen LogP contribution in [0.4, 0.5) is 5.82 Å². The van der Waals surface area contributed by atoms with Gasteiger partial charge < -0.3 is 20.0 Å². The minimum Gasteiger partial charge on any atom is -0.356 e. The summed E-state index contributed by atoms with van der Waals surface area (Å²) in [5.74, 6) is 1.85. The van der Waals surface area contributed by atoms with E-state index in [1.807, 2.05) is 24.4 Å². The van der Waals surface area contributed by atoms with Gasteiger partial charge in [-0.2, -0.15) is 0 Å². The smallest absolute Gasteiger partial charge is 0.243 e. The van der Waals surface area contributed by atoms with Crippen LogP contribution in [0.2, 0.25) is 0 Å². The first-order valence-electron chi connectivity index (χ1n) is 8.51. The third-order valence-electron chi connectivity index (χ3n) is 3.95. The summed E-state index contributed by atoms with van der Waals surface area (Å²) in [4.78, 5) is 26.8. The van der Waals surface area contributed by atoms with Crippen molar-refractivity contribution in [1.82, 2.24) is 20.1 Å². The van der Waals surface area contributed by atoms with E-state index in [2.05, 4.69) is 32.0 Å². The summed E-state index contributed by atoms with van der Waals surface area (Å²) in [6.45, 7) is 6.67. The maximum Gasteiger partial charge on any atom is 0.243 e. The van der Waals surface area contributed by atoms with Crippen LogP contribution in [-0.4, -0.2) is 80.0 Å². The molecule has 2 rings (SSSR count). The van der Waals surface area contributed by atoms with Gasteiger partial charge in [-0.05, 0) is 18.6 Å². The highest BCUT2D eigenvalue weighted by molar-refractivity contribution is 14.0. The Morgan fingerprint density at radius 2 is 2.00 bits per heavy atom. The van der Waals surface area contributed by atoms with Gasteiger partial charge in [0, 0.05) is 53.0 Å². The van der Waals surface area contributed by atoms with Gasteiger partial charge in [0.25, 0.3) is 0 Å². The van der Waals surface area contributed by atoms with Crippen LogP contribution in [0.1, 0.15) is 13.3 Å². The molecule has 0 bridgehead atoms. The molecule has 1 N–H and O–H groups in total. The van der Waals surface area contributed by atoms with Crippen molar-refractivity contribution < 1.29 is 4.79 Å². The number of nitrogens with zero attached hydrogens (tertiary/aromatic N) is 5. The Balaban J connectivity index is 0.00000312. The molecule has 1 aliphatic heterocycles. The van der Waals surface area contributed by atoms with Crippen LogP contribution in [-0.2, 0) is 4.79 Å². The van der Waals surface area contributed by atoms with Gasteiger partial charge in [0.05, 0.1) is 0 Å². The summed E-state index contributed by atoms with van der Waals surface area (Å²) in [6, 6.07) is 5.98. The molecule has 7 nitrogen and oxygen atoms in total. The minimum atomic E-state index is 0. The second-order valence-corrected chi connectivity index (χ2v) is 6.02. The van der Waals surface area contributed by atoms with E-state index in [-0.39, 0.29) is 36.4 Å². The SMILES string of the molecule is CCCNC(=NCC(=O)N(C)C)N1CCN(c2ccccn2)CC1.I. The van der Waals surface area contributed by atoms with Gasteiger partial charge in [-0.15, -0.1) is 24.0 Å². The average Bonchev–Trinajstić information content (AvgIpc) is 2.62. The molecule has 0 unspecified atom stereocenters. The van der Waals surface area contributed by atoms with Gasteiger partial charge in [0.2, 0.25) is 5.91 Å². The zero-order chi connectivity index (χ0) is 17.4. The number of likely N-dealkylation sites (N-methyl/N-ethyl adjacent to an activating group) is 1. The topological polar surface area (TPSA) is 64.1 Å². The molecular weight excluding hydrogens is 431 g/mol. The number of halogens is 1. The first kappa shape index (κ1) is 21.5. The Kier molecular flexibility index (Phi) is 9.54. The Bertz CT molecular complexity index is 543. The highest BCUT2D eigenvalue weighted by atomic mass is 127. The van der Waals surface area contributed by atoms with E-state index in [1.54, 1.807) is 19.0 Å². The maximum absolute atomic E-state index is 11.8. The summed E-state index contributed by atoms with van der Waals surface area (Å²) in [6.07, 6.45) is 2.85. The molecule has 25 heavy (non-hydrogen) atoms. The number of rotatable bonds is 5. The zero-order valence-corrected chi connectivity index (χ0v) is 17.6. The van der Waals surface area contributed by atoms with Crippen LogP contribution in [0.5, 0.6) is 0 Å². The van der Waals surface area contributed by atoms with Crippen molar-refractivity contribution in [3.8, 4) is 0 Å². The van der Waals surface area contributed by atoms with Crippen molar-refractivity contribution in [1.29, 1.82) is 0 Å². The van der Waals surface area contributed by atoms with Gasteiger partial charge in [0.1, 0.15) is 12.4 Å². The van der Waals surface area contributed by atoms with E-state index in [1.165, 1.54) is 0 Å². The van der Waals surface area contributed by atoms with Crippen LogP contribution in [0.3, 0.4) is 0 Å². The van der Waals surface area contributed by atoms with E-state index in [4.69, 9.17) is 0 Å². The molecule has 1 saturated heterocycles. The van der Waals surface area contributed by atoms with E-state index in [0.29, 0.717) is 0 Å². The molecule has 0 atom stereocenters. The molecule has 0 saturated carbocycles. The lowest BCUT2D eigenvalue weighted by molar-refractivity contribution is -0.127. The average molecular weight is 460 g/mol. The molecule has 1 aromatic heterocycles. The van der Waals surface area contributed by atoms with E-state index >= 15 is 0 Å². The minimum absolute atomic E-state index is 0. The Labute approximate surface area is 167 Å². The van der Waals surface area contributed by atoms with Crippen molar-refractivity contribution in [2.24, 2.45) is 4.99 Å². The van der Waals surface area contributed by atoms with E-state index in [0.717, 1.165) is 50.9 Å². The lowest BCUT2D eigenvalue weighted by Gasteiger charge is -2.37. The number of piperazine rings is 1. The summed E-state index contributed by atoms with van der Waals surface area (Å²) in [7, 11) is 3.51. The van der Waals surface area contributed by atoms with Gasteiger partial charge >= 0.3 is 0 Å². The predicted octanol–water partition coefficient (Wildman–Crippen LogP) is 1.27. The Hall–Kier alpha value is -1.58. The number of carbonyl (C=O) groups excluding carboxylic acids is 1.